The summed E-state index contributed by atoms with van der Waals surface area (Å²) in [6.45, 7) is 0.718. The Morgan fingerprint density at radius 2 is 0.950 bits per heavy atom. The van der Waals surface area contributed by atoms with Crippen LogP contribution in [0.25, 0.3) is 0 Å². The van der Waals surface area contributed by atoms with Crippen molar-refractivity contribution in [1.82, 2.24) is 19.6 Å². The summed E-state index contributed by atoms with van der Waals surface area (Å²) in [7, 11) is 0. The Kier molecular flexibility index (Phi) is 9.56. The lowest BCUT2D eigenvalue weighted by molar-refractivity contribution is -0.144. The van der Waals surface area contributed by atoms with Gasteiger partial charge in [-0.05, 0) is 37.1 Å². The Morgan fingerprint density at radius 1 is 0.625 bits per heavy atom. The number of alkyl halides is 6. The van der Waals surface area contributed by atoms with E-state index in [9.17, 15) is 35.9 Å². The summed E-state index contributed by atoms with van der Waals surface area (Å²) in [4.78, 5) is 23.9. The molecule has 0 radical (unpaired) electrons. The van der Waals surface area contributed by atoms with Crippen LogP contribution in [-0.2, 0) is 25.9 Å². The van der Waals surface area contributed by atoms with Crippen molar-refractivity contribution in [2.75, 3.05) is 0 Å². The van der Waals surface area contributed by atoms with E-state index in [0.29, 0.717) is 45.1 Å². The van der Waals surface area contributed by atoms with Crippen LogP contribution in [-0.4, -0.2) is 31.9 Å². The van der Waals surface area contributed by atoms with Crippen molar-refractivity contribution in [3.63, 3.8) is 0 Å². The van der Waals surface area contributed by atoms with Gasteiger partial charge in [0.1, 0.15) is 24.6 Å². The number of benzene rings is 2. The number of aryl methyl sites for hydroxylation is 2. The fourth-order valence-electron chi connectivity index (χ4n) is 3.52. The zero-order chi connectivity index (χ0) is 29.5. The predicted molar refractivity (Wildman–Crippen MR) is 134 cm³/mol. The first kappa shape index (κ1) is 30.2. The Balaban J connectivity index is 0.000000220. The molecule has 0 aliphatic carbocycles. The molecule has 14 heteroatoms. The molecule has 4 rings (SSSR count). The van der Waals surface area contributed by atoms with Gasteiger partial charge in [0, 0.05) is 0 Å². The number of nitrogens with zero attached hydrogens (tertiary/aromatic N) is 2. The quantitative estimate of drug-likeness (QED) is 0.247. The number of aromatic nitrogens is 4. The molecule has 0 bridgehead atoms. The molecular formula is C26H26F6N4O4. The first-order valence-corrected chi connectivity index (χ1v) is 12.0. The van der Waals surface area contributed by atoms with Gasteiger partial charge in [-0.15, -0.1) is 0 Å². The topological polar surface area (TPSA) is 94.0 Å². The molecule has 0 saturated carbocycles. The van der Waals surface area contributed by atoms with Gasteiger partial charge in [-0.2, -0.15) is 26.3 Å². The molecule has 0 unspecified atom stereocenters. The van der Waals surface area contributed by atoms with Crippen molar-refractivity contribution < 1.29 is 35.8 Å². The predicted octanol–water partition coefficient (Wildman–Crippen LogP) is 6.19. The van der Waals surface area contributed by atoms with E-state index in [1.165, 1.54) is 0 Å². The number of nitrogens with one attached hydrogen (secondary N) is 2. The van der Waals surface area contributed by atoms with Gasteiger partial charge in [-0.1, -0.05) is 50.2 Å². The highest BCUT2D eigenvalue weighted by Crippen LogP contribution is 2.24. The highest BCUT2D eigenvalue weighted by Gasteiger charge is 2.31. The van der Waals surface area contributed by atoms with E-state index < -0.39 is 36.6 Å². The Morgan fingerprint density at radius 3 is 1.23 bits per heavy atom. The summed E-state index contributed by atoms with van der Waals surface area (Å²) in [5.74, 6) is 0.612. The minimum atomic E-state index is -4.47. The van der Waals surface area contributed by atoms with E-state index in [1.54, 1.807) is 74.5 Å². The SMILES string of the molecule is CCc1[nH]n(CC(F)(F)F)c(=O)c1Oc1ccccc1.CCc1[nH]n(CC(F)(F)F)c(=O)c1Oc1ccccc1. The number of rotatable bonds is 8. The molecule has 0 spiro atoms. The fourth-order valence-corrected chi connectivity index (χ4v) is 3.52. The van der Waals surface area contributed by atoms with Crippen molar-refractivity contribution in [2.24, 2.45) is 0 Å². The summed E-state index contributed by atoms with van der Waals surface area (Å²) in [5, 5.41) is 4.87. The van der Waals surface area contributed by atoms with Crippen LogP contribution in [0, 0.1) is 0 Å². The Labute approximate surface area is 223 Å². The van der Waals surface area contributed by atoms with Gasteiger partial charge in [-0.3, -0.25) is 19.8 Å². The van der Waals surface area contributed by atoms with Crippen molar-refractivity contribution in [2.45, 2.75) is 52.1 Å². The summed E-state index contributed by atoms with van der Waals surface area (Å²) in [5.41, 5.74) is -0.961. The van der Waals surface area contributed by atoms with Crippen LogP contribution < -0.4 is 20.6 Å². The molecule has 0 aliphatic rings. The number of aromatic amines is 2. The molecule has 0 saturated heterocycles. The maximum absolute atomic E-state index is 12.4. The van der Waals surface area contributed by atoms with Crippen molar-refractivity contribution in [3.05, 3.63) is 92.8 Å². The monoisotopic (exact) mass is 572 g/mol. The van der Waals surface area contributed by atoms with Crippen LogP contribution in [0.3, 0.4) is 0 Å². The van der Waals surface area contributed by atoms with E-state index in [0.717, 1.165) is 0 Å². The number of ether oxygens (including phenoxy) is 2. The van der Waals surface area contributed by atoms with E-state index in [4.69, 9.17) is 9.47 Å². The van der Waals surface area contributed by atoms with Gasteiger partial charge >= 0.3 is 23.5 Å². The van der Waals surface area contributed by atoms with Crippen LogP contribution in [0.5, 0.6) is 23.0 Å². The molecular weight excluding hydrogens is 546 g/mol. The Bertz CT molecular complexity index is 1370. The maximum Gasteiger partial charge on any atom is 0.408 e. The molecule has 0 amide bonds. The number of hydrogen-bond acceptors (Lipinski definition) is 4. The fraction of sp³-hybridized carbons (Fsp3) is 0.308. The summed E-state index contributed by atoms with van der Waals surface area (Å²) >= 11 is 0. The minimum absolute atomic E-state index is 0.0945. The van der Waals surface area contributed by atoms with Gasteiger partial charge in [-0.25, -0.2) is 9.36 Å². The average Bonchev–Trinajstić information content (AvgIpc) is 3.34. The zero-order valence-electron chi connectivity index (χ0n) is 21.4. The van der Waals surface area contributed by atoms with Crippen LogP contribution in [0.15, 0.2) is 70.3 Å². The molecule has 2 aromatic carbocycles. The normalized spacial score (nSPS) is 11.6. The van der Waals surface area contributed by atoms with Crippen LogP contribution in [0.4, 0.5) is 26.3 Å². The van der Waals surface area contributed by atoms with E-state index >= 15 is 0 Å². The second kappa shape index (κ2) is 12.7. The molecule has 216 valence electrons. The van der Waals surface area contributed by atoms with Gasteiger partial charge < -0.3 is 9.47 Å². The molecule has 0 atom stereocenters. The third kappa shape index (κ3) is 8.32. The highest BCUT2D eigenvalue weighted by molar-refractivity contribution is 5.33. The maximum atomic E-state index is 12.4. The lowest BCUT2D eigenvalue weighted by Crippen LogP contribution is -2.26. The smallest absolute Gasteiger partial charge is 0.408 e. The first-order chi connectivity index (χ1) is 18.8. The minimum Gasteiger partial charge on any atom is -0.450 e. The molecule has 2 aromatic heterocycles. The van der Waals surface area contributed by atoms with Crippen molar-refractivity contribution in [1.29, 1.82) is 0 Å². The lowest BCUT2D eigenvalue weighted by atomic mass is 10.3. The van der Waals surface area contributed by atoms with Gasteiger partial charge in [0.15, 0.2) is 0 Å². The van der Waals surface area contributed by atoms with Crippen molar-refractivity contribution >= 4 is 0 Å². The molecule has 0 fully saturated rings. The third-order valence-electron chi connectivity index (χ3n) is 5.27. The largest absolute Gasteiger partial charge is 0.450 e. The van der Waals surface area contributed by atoms with E-state index in [-0.39, 0.29) is 11.5 Å². The Hall–Kier alpha value is -4.36. The third-order valence-corrected chi connectivity index (χ3v) is 5.27. The number of halogens is 6. The van der Waals surface area contributed by atoms with Gasteiger partial charge in [0.25, 0.3) is 0 Å². The summed E-state index contributed by atoms with van der Waals surface area (Å²) in [6, 6.07) is 16.9. The van der Waals surface area contributed by atoms with Gasteiger partial charge in [0.05, 0.1) is 11.4 Å². The lowest BCUT2D eigenvalue weighted by Gasteiger charge is -2.05. The first-order valence-electron chi connectivity index (χ1n) is 12.0. The van der Waals surface area contributed by atoms with Crippen molar-refractivity contribution in [3.8, 4) is 23.0 Å². The molecule has 2 N–H and O–H groups in total. The van der Waals surface area contributed by atoms with Crippen LogP contribution >= 0.6 is 0 Å². The number of para-hydroxylation sites is 2. The molecule has 40 heavy (non-hydrogen) atoms. The molecule has 8 nitrogen and oxygen atoms in total. The molecule has 2 heterocycles. The van der Waals surface area contributed by atoms with Crippen LogP contribution in [0.1, 0.15) is 25.2 Å². The zero-order valence-corrected chi connectivity index (χ0v) is 21.4. The highest BCUT2D eigenvalue weighted by atomic mass is 19.4. The summed E-state index contributed by atoms with van der Waals surface area (Å²) in [6.07, 6.45) is -8.21. The number of hydrogen-bond donors (Lipinski definition) is 2. The van der Waals surface area contributed by atoms with E-state index in [2.05, 4.69) is 10.2 Å². The molecule has 4 aromatic rings. The standard InChI is InChI=1S/2C13H13F3N2O2/c2*1-2-10-11(20-9-6-4-3-5-7-9)12(19)18(17-10)8-13(14,15)16/h2*3-7,17H,2,8H2,1H3. The number of H-pyrrole nitrogens is 2. The van der Waals surface area contributed by atoms with Crippen LogP contribution in [0.2, 0.25) is 0 Å². The molecule has 0 aliphatic heterocycles. The second-order valence-electron chi connectivity index (χ2n) is 8.39. The van der Waals surface area contributed by atoms with E-state index in [1.807, 2.05) is 0 Å². The average molecular weight is 573 g/mol. The van der Waals surface area contributed by atoms with Gasteiger partial charge in [0.2, 0.25) is 11.5 Å². The summed E-state index contributed by atoms with van der Waals surface area (Å²) < 4.78 is 86.0. The second-order valence-corrected chi connectivity index (χ2v) is 8.39.